The Morgan fingerprint density at radius 2 is 1.50 bits per heavy atom. The molecular weight excluding hydrogens is 447 g/mol. The van der Waals surface area contributed by atoms with Gasteiger partial charge in [-0.15, -0.1) is 0 Å². The second kappa shape index (κ2) is 10.7. The zero-order valence-electron chi connectivity index (χ0n) is 19.6. The smallest absolute Gasteiger partial charge is 0.422 e. The summed E-state index contributed by atoms with van der Waals surface area (Å²) >= 11 is 0. The van der Waals surface area contributed by atoms with Gasteiger partial charge in [0, 0.05) is 0 Å². The van der Waals surface area contributed by atoms with Gasteiger partial charge in [-0.1, -0.05) is 56.9 Å². The Kier molecular flexibility index (Phi) is 7.83. The molecule has 2 fully saturated rings. The van der Waals surface area contributed by atoms with E-state index in [1.165, 1.54) is 63.4 Å². The third-order valence-electron chi connectivity index (χ3n) is 7.78. The lowest BCUT2D eigenvalue weighted by atomic mass is 9.63. The zero-order chi connectivity index (χ0) is 24.3. The molecule has 4 unspecified atom stereocenters. The summed E-state index contributed by atoms with van der Waals surface area (Å²) in [5.74, 6) is -0.220. The van der Waals surface area contributed by atoms with Crippen molar-refractivity contribution in [3.8, 4) is 16.9 Å². The van der Waals surface area contributed by atoms with Crippen LogP contribution in [0.25, 0.3) is 11.1 Å². The second-order valence-electron chi connectivity index (χ2n) is 10.1. The molecule has 0 radical (unpaired) electrons. The van der Waals surface area contributed by atoms with Crippen LogP contribution >= 0.6 is 0 Å². The Bertz CT molecular complexity index is 929. The van der Waals surface area contributed by atoms with E-state index in [0.29, 0.717) is 11.5 Å². The van der Waals surface area contributed by atoms with Gasteiger partial charge >= 0.3 is 6.18 Å². The number of fused-ring (bicyclic) bond motifs is 1. The Morgan fingerprint density at radius 3 is 2.15 bits per heavy atom. The number of halogens is 5. The Morgan fingerprint density at radius 1 is 0.853 bits per heavy atom. The molecule has 2 aromatic rings. The van der Waals surface area contributed by atoms with E-state index in [1.807, 2.05) is 24.3 Å². The Balaban J connectivity index is 1.39. The van der Waals surface area contributed by atoms with Crippen molar-refractivity contribution in [2.75, 3.05) is 6.61 Å². The largest absolute Gasteiger partial charge is 0.478 e. The van der Waals surface area contributed by atoms with Crippen LogP contribution in [-0.4, -0.2) is 12.8 Å². The lowest BCUT2D eigenvalue weighted by molar-refractivity contribution is -0.154. The van der Waals surface area contributed by atoms with Crippen LogP contribution in [0.15, 0.2) is 36.4 Å². The number of hydrogen-bond acceptors (Lipinski definition) is 1. The summed E-state index contributed by atoms with van der Waals surface area (Å²) in [6.07, 6.45) is 7.05. The maximum atomic E-state index is 14.3. The first kappa shape index (κ1) is 25.0. The van der Waals surface area contributed by atoms with Crippen molar-refractivity contribution in [2.24, 2.45) is 17.8 Å². The summed E-state index contributed by atoms with van der Waals surface area (Å²) in [6.45, 7) is 0.523. The highest BCUT2D eigenvalue weighted by Gasteiger charge is 2.35. The van der Waals surface area contributed by atoms with Gasteiger partial charge in [0.25, 0.3) is 0 Å². The summed E-state index contributed by atoms with van der Waals surface area (Å²) < 4.78 is 69.8. The summed E-state index contributed by atoms with van der Waals surface area (Å²) in [6, 6.07) is 9.77. The average Bonchev–Trinajstić information content (AvgIpc) is 2.81. The third-order valence-corrected chi connectivity index (χ3v) is 7.78. The minimum absolute atomic E-state index is 0.273. The number of ether oxygens (including phenoxy) is 1. The summed E-state index contributed by atoms with van der Waals surface area (Å²) in [7, 11) is 0. The fourth-order valence-corrected chi connectivity index (χ4v) is 6.01. The molecule has 0 heterocycles. The topological polar surface area (TPSA) is 9.23 Å². The van der Waals surface area contributed by atoms with Crippen LogP contribution in [0.5, 0.6) is 5.75 Å². The van der Waals surface area contributed by atoms with Gasteiger partial charge in [0.1, 0.15) is 0 Å². The van der Waals surface area contributed by atoms with Gasteiger partial charge in [0.05, 0.1) is 0 Å². The first-order chi connectivity index (χ1) is 16.2. The number of benzene rings is 2. The van der Waals surface area contributed by atoms with E-state index < -0.39 is 30.2 Å². The number of hydrogen-bond donors (Lipinski definition) is 0. The predicted molar refractivity (Wildman–Crippen MR) is 124 cm³/mol. The Hall–Kier alpha value is -2.11. The molecule has 0 saturated heterocycles. The number of unbranched alkanes of at least 4 members (excludes halogenated alkanes) is 1. The molecule has 0 N–H and O–H groups in total. The predicted octanol–water partition coefficient (Wildman–Crippen LogP) is 9.06. The molecule has 0 amide bonds. The number of alkyl halides is 3. The van der Waals surface area contributed by atoms with Gasteiger partial charge in [0.15, 0.2) is 24.0 Å². The van der Waals surface area contributed by atoms with Gasteiger partial charge in [-0.2, -0.15) is 13.2 Å². The van der Waals surface area contributed by atoms with Crippen LogP contribution in [-0.2, 0) is 0 Å². The molecule has 0 aliphatic heterocycles. The standard InChI is InChI=1S/C28H33F5O/c1-2-3-4-18-5-6-23-14-22(12-11-21(23)13-18)19-7-9-20(10-8-19)24-15-25(29)27(26(30)16-24)34-17-28(31,32)33/h7-10,15-16,18,21-23H,2-6,11-14,17H2,1H3. The van der Waals surface area contributed by atoms with Crippen LogP contribution < -0.4 is 4.74 Å². The molecule has 4 rings (SSSR count). The lowest BCUT2D eigenvalue weighted by Gasteiger charge is -2.42. The molecule has 2 aromatic carbocycles. The molecule has 2 saturated carbocycles. The summed E-state index contributed by atoms with van der Waals surface area (Å²) in [4.78, 5) is 0. The first-order valence-corrected chi connectivity index (χ1v) is 12.5. The van der Waals surface area contributed by atoms with E-state index in [2.05, 4.69) is 11.7 Å². The Labute approximate surface area is 198 Å². The van der Waals surface area contributed by atoms with Gasteiger partial charge in [0.2, 0.25) is 0 Å². The maximum Gasteiger partial charge on any atom is 0.422 e. The van der Waals surface area contributed by atoms with Crippen molar-refractivity contribution in [3.63, 3.8) is 0 Å². The zero-order valence-corrected chi connectivity index (χ0v) is 19.6. The van der Waals surface area contributed by atoms with Crippen molar-refractivity contribution in [1.29, 1.82) is 0 Å². The highest BCUT2D eigenvalue weighted by molar-refractivity contribution is 5.65. The minimum Gasteiger partial charge on any atom is -0.478 e. The van der Waals surface area contributed by atoms with E-state index in [0.717, 1.165) is 29.9 Å². The molecule has 186 valence electrons. The van der Waals surface area contributed by atoms with Crippen molar-refractivity contribution in [1.82, 2.24) is 0 Å². The second-order valence-corrected chi connectivity index (χ2v) is 10.1. The summed E-state index contributed by atoms with van der Waals surface area (Å²) in [5, 5.41) is 0. The highest BCUT2D eigenvalue weighted by atomic mass is 19.4. The van der Waals surface area contributed by atoms with Crippen LogP contribution in [0.1, 0.15) is 76.2 Å². The minimum atomic E-state index is -4.67. The van der Waals surface area contributed by atoms with Crippen LogP contribution in [0, 0.1) is 29.4 Å². The van der Waals surface area contributed by atoms with Gasteiger partial charge < -0.3 is 4.74 Å². The first-order valence-electron chi connectivity index (χ1n) is 12.5. The van der Waals surface area contributed by atoms with Crippen molar-refractivity contribution >= 4 is 0 Å². The van der Waals surface area contributed by atoms with Crippen molar-refractivity contribution < 1.29 is 26.7 Å². The molecule has 0 bridgehead atoms. The third kappa shape index (κ3) is 6.11. The van der Waals surface area contributed by atoms with Crippen LogP contribution in [0.2, 0.25) is 0 Å². The highest BCUT2D eigenvalue weighted by Crippen LogP contribution is 2.48. The molecule has 6 heteroatoms. The SMILES string of the molecule is CCCCC1CCC2CC(c3ccc(-c4cc(F)c(OCC(F)(F)F)c(F)c4)cc3)CCC2C1. The van der Waals surface area contributed by atoms with Gasteiger partial charge in [-0.05, 0) is 84.6 Å². The van der Waals surface area contributed by atoms with Crippen molar-refractivity contribution in [3.05, 3.63) is 53.6 Å². The van der Waals surface area contributed by atoms with Gasteiger partial charge in [-0.3, -0.25) is 0 Å². The number of rotatable bonds is 7. The molecule has 2 aliphatic rings. The molecule has 4 atom stereocenters. The maximum absolute atomic E-state index is 14.3. The molecule has 34 heavy (non-hydrogen) atoms. The van der Waals surface area contributed by atoms with E-state index in [1.54, 1.807) is 0 Å². The fraction of sp³-hybridized carbons (Fsp3) is 0.571. The lowest BCUT2D eigenvalue weighted by Crippen LogP contribution is -2.30. The average molecular weight is 481 g/mol. The van der Waals surface area contributed by atoms with E-state index >= 15 is 0 Å². The summed E-state index contributed by atoms with van der Waals surface area (Å²) in [5.41, 5.74) is 2.14. The van der Waals surface area contributed by atoms with E-state index in [9.17, 15) is 22.0 Å². The van der Waals surface area contributed by atoms with Crippen LogP contribution in [0.4, 0.5) is 22.0 Å². The normalized spacial score (nSPS) is 25.1. The van der Waals surface area contributed by atoms with Crippen molar-refractivity contribution in [2.45, 2.75) is 76.8 Å². The van der Waals surface area contributed by atoms with E-state index in [-0.39, 0.29) is 5.56 Å². The molecule has 0 spiro atoms. The molecular formula is C28H33F5O. The molecule has 0 aromatic heterocycles. The van der Waals surface area contributed by atoms with Gasteiger partial charge in [-0.25, -0.2) is 8.78 Å². The molecule has 1 nitrogen and oxygen atoms in total. The fourth-order valence-electron chi connectivity index (χ4n) is 6.01. The van der Waals surface area contributed by atoms with E-state index in [4.69, 9.17) is 0 Å². The quantitative estimate of drug-likeness (QED) is 0.359. The van der Waals surface area contributed by atoms with Crippen LogP contribution in [0.3, 0.4) is 0 Å². The molecule has 2 aliphatic carbocycles. The monoisotopic (exact) mass is 480 g/mol.